The lowest BCUT2D eigenvalue weighted by Crippen LogP contribution is -2.00. The monoisotopic (exact) mass is 340 g/mol. The van der Waals surface area contributed by atoms with E-state index in [1.165, 1.54) is 0 Å². The summed E-state index contributed by atoms with van der Waals surface area (Å²) >= 11 is 9.41. The SMILES string of the molecule is COc1ccc(C(O)c2ccc(Cl)c(C)c2)cc1Br. The summed E-state index contributed by atoms with van der Waals surface area (Å²) in [7, 11) is 1.61. The second-order valence-corrected chi connectivity index (χ2v) is 5.57. The molecule has 0 spiro atoms. The van der Waals surface area contributed by atoms with Crippen molar-refractivity contribution in [3.63, 3.8) is 0 Å². The van der Waals surface area contributed by atoms with E-state index in [1.807, 2.05) is 37.3 Å². The summed E-state index contributed by atoms with van der Waals surface area (Å²) in [5.74, 6) is 0.739. The number of methoxy groups -OCH3 is 1. The summed E-state index contributed by atoms with van der Waals surface area (Å²) < 4.78 is 5.99. The molecule has 0 fully saturated rings. The van der Waals surface area contributed by atoms with Crippen molar-refractivity contribution in [1.29, 1.82) is 0 Å². The van der Waals surface area contributed by atoms with Crippen LogP contribution in [0.25, 0.3) is 0 Å². The topological polar surface area (TPSA) is 29.5 Å². The zero-order chi connectivity index (χ0) is 14.0. The molecule has 0 aliphatic heterocycles. The number of ether oxygens (including phenoxy) is 1. The molecule has 2 nitrogen and oxygen atoms in total. The number of benzene rings is 2. The summed E-state index contributed by atoms with van der Waals surface area (Å²) in [5.41, 5.74) is 2.57. The highest BCUT2D eigenvalue weighted by atomic mass is 79.9. The quantitative estimate of drug-likeness (QED) is 0.890. The van der Waals surface area contributed by atoms with Gasteiger partial charge >= 0.3 is 0 Å². The highest BCUT2D eigenvalue weighted by Gasteiger charge is 2.13. The Balaban J connectivity index is 2.35. The van der Waals surface area contributed by atoms with Crippen LogP contribution in [0.4, 0.5) is 0 Å². The lowest BCUT2D eigenvalue weighted by atomic mass is 10.00. The van der Waals surface area contributed by atoms with Crippen molar-refractivity contribution in [3.8, 4) is 5.75 Å². The number of aliphatic hydroxyl groups excluding tert-OH is 1. The molecule has 0 saturated heterocycles. The number of aryl methyl sites for hydroxylation is 1. The van der Waals surface area contributed by atoms with Gasteiger partial charge in [0.25, 0.3) is 0 Å². The Morgan fingerprint density at radius 1 is 1.16 bits per heavy atom. The fraction of sp³-hybridized carbons (Fsp3) is 0.200. The van der Waals surface area contributed by atoms with E-state index >= 15 is 0 Å². The van der Waals surface area contributed by atoms with Gasteiger partial charge in [0.1, 0.15) is 11.9 Å². The second kappa shape index (κ2) is 5.95. The molecule has 0 heterocycles. The van der Waals surface area contributed by atoms with Gasteiger partial charge in [-0.15, -0.1) is 0 Å². The molecule has 2 rings (SSSR count). The molecule has 1 atom stereocenters. The Hall–Kier alpha value is -1.03. The molecule has 19 heavy (non-hydrogen) atoms. The van der Waals surface area contributed by atoms with Gasteiger partial charge in [0.2, 0.25) is 0 Å². The molecule has 1 unspecified atom stereocenters. The molecule has 4 heteroatoms. The van der Waals surface area contributed by atoms with Crippen LogP contribution >= 0.6 is 27.5 Å². The molecule has 0 radical (unpaired) electrons. The van der Waals surface area contributed by atoms with Crippen LogP contribution in [0.15, 0.2) is 40.9 Å². The molecule has 0 aliphatic carbocycles. The summed E-state index contributed by atoms with van der Waals surface area (Å²) in [5, 5.41) is 11.1. The van der Waals surface area contributed by atoms with Crippen molar-refractivity contribution in [2.24, 2.45) is 0 Å². The molecule has 0 bridgehead atoms. The molecule has 2 aromatic carbocycles. The Kier molecular flexibility index (Phi) is 4.50. The first-order valence-electron chi connectivity index (χ1n) is 5.80. The zero-order valence-electron chi connectivity index (χ0n) is 10.7. The summed E-state index contributed by atoms with van der Waals surface area (Å²) in [4.78, 5) is 0. The average Bonchev–Trinajstić information content (AvgIpc) is 2.41. The van der Waals surface area contributed by atoms with E-state index in [0.29, 0.717) is 5.02 Å². The van der Waals surface area contributed by atoms with Crippen LogP contribution in [0, 0.1) is 6.92 Å². The summed E-state index contributed by atoms with van der Waals surface area (Å²) in [6.07, 6.45) is -0.682. The van der Waals surface area contributed by atoms with E-state index in [9.17, 15) is 5.11 Å². The van der Waals surface area contributed by atoms with Crippen LogP contribution in [-0.4, -0.2) is 12.2 Å². The highest BCUT2D eigenvalue weighted by Crippen LogP contribution is 2.31. The zero-order valence-corrected chi connectivity index (χ0v) is 13.0. The van der Waals surface area contributed by atoms with E-state index in [-0.39, 0.29) is 0 Å². The standard InChI is InChI=1S/C15H14BrClO2/c1-9-7-10(3-5-13(9)17)15(18)11-4-6-14(19-2)12(16)8-11/h3-8,15,18H,1-2H3. The van der Waals surface area contributed by atoms with Gasteiger partial charge in [0, 0.05) is 5.02 Å². The molecule has 100 valence electrons. The van der Waals surface area contributed by atoms with Gasteiger partial charge in [-0.1, -0.05) is 29.8 Å². The maximum absolute atomic E-state index is 10.4. The second-order valence-electron chi connectivity index (χ2n) is 4.31. The molecular formula is C15H14BrClO2. The van der Waals surface area contributed by atoms with Crippen molar-refractivity contribution in [2.75, 3.05) is 7.11 Å². The lowest BCUT2D eigenvalue weighted by molar-refractivity contribution is 0.220. The van der Waals surface area contributed by atoms with E-state index < -0.39 is 6.10 Å². The predicted octanol–water partition coefficient (Wildman–Crippen LogP) is 4.50. The third-order valence-electron chi connectivity index (χ3n) is 2.99. The minimum Gasteiger partial charge on any atom is -0.496 e. The fourth-order valence-corrected chi connectivity index (χ4v) is 2.56. The van der Waals surface area contributed by atoms with E-state index in [0.717, 1.165) is 26.9 Å². The molecule has 0 aliphatic rings. The van der Waals surface area contributed by atoms with Gasteiger partial charge in [-0.05, 0) is 57.7 Å². The predicted molar refractivity (Wildman–Crippen MR) is 80.9 cm³/mol. The molecule has 0 aromatic heterocycles. The van der Waals surface area contributed by atoms with Crippen LogP contribution in [0.3, 0.4) is 0 Å². The minimum atomic E-state index is -0.682. The average molecular weight is 342 g/mol. The van der Waals surface area contributed by atoms with Crippen molar-refractivity contribution >= 4 is 27.5 Å². The fourth-order valence-electron chi connectivity index (χ4n) is 1.88. The number of halogens is 2. The van der Waals surface area contributed by atoms with Crippen LogP contribution in [0.1, 0.15) is 22.8 Å². The summed E-state index contributed by atoms with van der Waals surface area (Å²) in [6.45, 7) is 1.92. The first-order chi connectivity index (χ1) is 9.02. The first-order valence-corrected chi connectivity index (χ1v) is 6.97. The maximum Gasteiger partial charge on any atom is 0.133 e. The highest BCUT2D eigenvalue weighted by molar-refractivity contribution is 9.10. The van der Waals surface area contributed by atoms with Gasteiger partial charge < -0.3 is 9.84 Å². The van der Waals surface area contributed by atoms with E-state index in [1.54, 1.807) is 13.2 Å². The first kappa shape index (κ1) is 14.4. The Morgan fingerprint density at radius 3 is 2.37 bits per heavy atom. The number of hydrogen-bond donors (Lipinski definition) is 1. The van der Waals surface area contributed by atoms with Crippen LogP contribution in [-0.2, 0) is 0 Å². The maximum atomic E-state index is 10.4. The third-order valence-corrected chi connectivity index (χ3v) is 4.03. The van der Waals surface area contributed by atoms with Crippen molar-refractivity contribution in [2.45, 2.75) is 13.0 Å². The van der Waals surface area contributed by atoms with Gasteiger partial charge in [0.05, 0.1) is 11.6 Å². The molecular weight excluding hydrogens is 328 g/mol. The van der Waals surface area contributed by atoms with Crippen LogP contribution < -0.4 is 4.74 Å². The van der Waals surface area contributed by atoms with Crippen molar-refractivity contribution in [3.05, 3.63) is 62.6 Å². The molecule has 1 N–H and O–H groups in total. The molecule has 0 amide bonds. The Labute approximate surface area is 126 Å². The van der Waals surface area contributed by atoms with Crippen LogP contribution in [0.5, 0.6) is 5.75 Å². The van der Waals surface area contributed by atoms with Gasteiger partial charge in [-0.3, -0.25) is 0 Å². The van der Waals surface area contributed by atoms with Crippen molar-refractivity contribution < 1.29 is 9.84 Å². The van der Waals surface area contributed by atoms with E-state index in [2.05, 4.69) is 15.9 Å². The molecule has 0 saturated carbocycles. The van der Waals surface area contributed by atoms with E-state index in [4.69, 9.17) is 16.3 Å². The van der Waals surface area contributed by atoms with Gasteiger partial charge in [0.15, 0.2) is 0 Å². The molecule has 2 aromatic rings. The number of hydrogen-bond acceptors (Lipinski definition) is 2. The Morgan fingerprint density at radius 2 is 1.79 bits per heavy atom. The largest absolute Gasteiger partial charge is 0.496 e. The summed E-state index contributed by atoms with van der Waals surface area (Å²) in [6, 6.07) is 11.0. The van der Waals surface area contributed by atoms with Gasteiger partial charge in [-0.25, -0.2) is 0 Å². The minimum absolute atomic E-state index is 0.682. The Bertz CT molecular complexity index is 599. The lowest BCUT2D eigenvalue weighted by Gasteiger charge is -2.14. The van der Waals surface area contributed by atoms with Crippen molar-refractivity contribution in [1.82, 2.24) is 0 Å². The van der Waals surface area contributed by atoms with Crippen LogP contribution in [0.2, 0.25) is 5.02 Å². The third kappa shape index (κ3) is 3.11. The number of aliphatic hydroxyl groups is 1. The smallest absolute Gasteiger partial charge is 0.133 e. The number of rotatable bonds is 3. The normalized spacial score (nSPS) is 12.3. The van der Waals surface area contributed by atoms with Gasteiger partial charge in [-0.2, -0.15) is 0 Å².